The predicted molar refractivity (Wildman–Crippen MR) is 149 cm³/mol. The zero-order chi connectivity index (χ0) is 32.8. The summed E-state index contributed by atoms with van der Waals surface area (Å²) in [5.41, 5.74) is -5.71. The summed E-state index contributed by atoms with van der Waals surface area (Å²) in [5, 5.41) is 12.6. The molecule has 45 heavy (non-hydrogen) atoms. The van der Waals surface area contributed by atoms with Gasteiger partial charge in [-0.1, -0.05) is 37.6 Å². The Morgan fingerprint density at radius 3 is 2.27 bits per heavy atom. The van der Waals surface area contributed by atoms with Crippen molar-refractivity contribution in [2.24, 2.45) is 0 Å². The number of imide groups is 1. The largest absolute Gasteiger partial charge is 0.457 e. The number of aromatic nitrogens is 2. The highest BCUT2D eigenvalue weighted by Crippen LogP contribution is 2.50. The third-order valence-electron chi connectivity index (χ3n) is 7.61. The summed E-state index contributed by atoms with van der Waals surface area (Å²) in [5.74, 6) is -0.390. The van der Waals surface area contributed by atoms with Crippen molar-refractivity contribution in [1.29, 1.82) is 0 Å². The van der Waals surface area contributed by atoms with E-state index in [0.717, 1.165) is 11.0 Å². The van der Waals surface area contributed by atoms with Crippen molar-refractivity contribution < 1.29 is 45.8 Å². The van der Waals surface area contributed by atoms with Crippen LogP contribution in [0.1, 0.15) is 42.5 Å². The van der Waals surface area contributed by atoms with Crippen molar-refractivity contribution in [2.45, 2.75) is 56.7 Å². The molecule has 0 radical (unpaired) electrons. The summed E-state index contributed by atoms with van der Waals surface area (Å²) in [6.45, 7) is 3.09. The Morgan fingerprint density at radius 1 is 0.911 bits per heavy atom. The van der Waals surface area contributed by atoms with Gasteiger partial charge in [-0.25, -0.2) is 4.79 Å². The lowest BCUT2D eigenvalue weighted by atomic mass is 9.90. The highest BCUT2D eigenvalue weighted by Gasteiger charge is 2.71. The first kappa shape index (κ1) is 31.7. The van der Waals surface area contributed by atoms with E-state index in [2.05, 4.69) is 15.3 Å². The maximum atomic E-state index is 13.5. The molecule has 1 saturated heterocycles. The Labute approximate surface area is 252 Å². The molecule has 1 fully saturated rings. The normalized spacial score (nSPS) is 17.6. The molecule has 1 aromatic heterocycles. The Hall–Kier alpha value is -4.72. The summed E-state index contributed by atoms with van der Waals surface area (Å²) in [6.07, 6.45) is -8.60. The molecule has 0 spiro atoms. The molecule has 1 aliphatic rings. The predicted octanol–water partition coefficient (Wildman–Crippen LogP) is 6.65. The van der Waals surface area contributed by atoms with Crippen LogP contribution in [-0.4, -0.2) is 44.3 Å². The van der Waals surface area contributed by atoms with E-state index in [1.165, 1.54) is 24.5 Å². The molecule has 5 rings (SSSR count). The second-order valence-electron chi connectivity index (χ2n) is 10.7. The highest BCUT2D eigenvalue weighted by molar-refractivity contribution is 6.07. The van der Waals surface area contributed by atoms with E-state index in [4.69, 9.17) is 4.74 Å². The number of fused-ring (bicyclic) bond motifs is 1. The van der Waals surface area contributed by atoms with Crippen molar-refractivity contribution in [1.82, 2.24) is 20.2 Å². The summed E-state index contributed by atoms with van der Waals surface area (Å²) in [7, 11) is 0. The minimum absolute atomic E-state index is 0.0114. The van der Waals surface area contributed by atoms with Crippen LogP contribution in [0, 0.1) is 0 Å². The lowest BCUT2D eigenvalue weighted by Crippen LogP contribution is -2.53. The van der Waals surface area contributed by atoms with Gasteiger partial charge in [0.05, 0.1) is 17.6 Å². The third-order valence-corrected chi connectivity index (χ3v) is 7.61. The number of nitrogens with zero attached hydrogens (tertiary/aromatic N) is 3. The standard InChI is InChI=1S/C31H26F6N4O4/c1-3-5-19-15-21(29(44,30(32,33)34)31(35,36)37)9-11-25(19)45-22-7-4-6-18(14-22)17-41-26(42)28(2,40-27(41)43)20-8-10-23-24(16-20)39-13-12-38-23/h4,6-16,44H,3,5,17H2,1-2H3,(H,40,43). The van der Waals surface area contributed by atoms with E-state index in [-0.39, 0.29) is 30.0 Å². The van der Waals surface area contributed by atoms with Crippen LogP contribution in [0.15, 0.2) is 73.1 Å². The molecule has 236 valence electrons. The van der Waals surface area contributed by atoms with Crippen molar-refractivity contribution >= 4 is 23.0 Å². The van der Waals surface area contributed by atoms with Gasteiger partial charge in [0.25, 0.3) is 11.5 Å². The number of rotatable bonds is 8. The van der Waals surface area contributed by atoms with E-state index in [1.807, 2.05) is 0 Å². The molecular formula is C31H26F6N4O4. The monoisotopic (exact) mass is 632 g/mol. The van der Waals surface area contributed by atoms with Crippen LogP contribution < -0.4 is 10.1 Å². The summed E-state index contributed by atoms with van der Waals surface area (Å²) in [6, 6.07) is 12.7. The number of hydrogen-bond acceptors (Lipinski definition) is 6. The molecular weight excluding hydrogens is 606 g/mol. The molecule has 0 saturated carbocycles. The quantitative estimate of drug-likeness (QED) is 0.167. The first-order chi connectivity index (χ1) is 21.1. The van der Waals surface area contributed by atoms with Gasteiger partial charge in [-0.15, -0.1) is 0 Å². The fraction of sp³-hybridized carbons (Fsp3) is 0.290. The number of halogens is 6. The summed E-state index contributed by atoms with van der Waals surface area (Å²) in [4.78, 5) is 35.9. The fourth-order valence-corrected chi connectivity index (χ4v) is 5.18. The van der Waals surface area contributed by atoms with Gasteiger partial charge in [-0.05, 0) is 66.4 Å². The van der Waals surface area contributed by atoms with Crippen molar-refractivity contribution in [3.63, 3.8) is 0 Å². The summed E-state index contributed by atoms with van der Waals surface area (Å²) >= 11 is 0. The minimum Gasteiger partial charge on any atom is -0.457 e. The number of carbonyl (C=O) groups excluding carboxylic acids is 2. The zero-order valence-electron chi connectivity index (χ0n) is 23.8. The van der Waals surface area contributed by atoms with E-state index in [1.54, 1.807) is 44.2 Å². The molecule has 0 aliphatic carbocycles. The number of amides is 3. The Bertz CT molecular complexity index is 1760. The van der Waals surface area contributed by atoms with E-state index >= 15 is 0 Å². The van der Waals surface area contributed by atoms with Crippen LogP contribution in [0.4, 0.5) is 31.1 Å². The van der Waals surface area contributed by atoms with Gasteiger partial charge in [-0.2, -0.15) is 26.3 Å². The van der Waals surface area contributed by atoms with Crippen molar-refractivity contribution in [3.05, 3.63) is 95.3 Å². The first-order valence-corrected chi connectivity index (χ1v) is 13.7. The lowest BCUT2D eigenvalue weighted by molar-refractivity contribution is -0.376. The van der Waals surface area contributed by atoms with Gasteiger partial charge in [0.15, 0.2) is 0 Å². The molecule has 14 heteroatoms. The maximum Gasteiger partial charge on any atom is 0.430 e. The van der Waals surface area contributed by atoms with Crippen molar-refractivity contribution in [2.75, 3.05) is 0 Å². The second-order valence-corrected chi connectivity index (χ2v) is 10.7. The van der Waals surface area contributed by atoms with Crippen LogP contribution >= 0.6 is 0 Å². The smallest absolute Gasteiger partial charge is 0.430 e. The molecule has 2 heterocycles. The zero-order valence-corrected chi connectivity index (χ0v) is 23.8. The average molecular weight is 633 g/mol. The number of carbonyl (C=O) groups is 2. The molecule has 1 atom stereocenters. The fourth-order valence-electron chi connectivity index (χ4n) is 5.18. The SMILES string of the molecule is CCCc1cc(C(O)(C(F)(F)F)C(F)(F)F)ccc1Oc1cccc(CN2C(=O)NC(C)(c3ccc4nccnc4c3)C2=O)c1. The third kappa shape index (κ3) is 5.65. The van der Waals surface area contributed by atoms with Crippen LogP contribution in [0.3, 0.4) is 0 Å². The average Bonchev–Trinajstić information content (AvgIpc) is 3.20. The molecule has 1 unspecified atom stereocenters. The van der Waals surface area contributed by atoms with Crippen LogP contribution in [0.5, 0.6) is 11.5 Å². The van der Waals surface area contributed by atoms with Gasteiger partial charge in [0, 0.05) is 18.0 Å². The second kappa shape index (κ2) is 11.3. The van der Waals surface area contributed by atoms with Gasteiger partial charge < -0.3 is 15.2 Å². The molecule has 0 bridgehead atoms. The van der Waals surface area contributed by atoms with Crippen LogP contribution in [0.25, 0.3) is 11.0 Å². The molecule has 3 amide bonds. The van der Waals surface area contributed by atoms with Gasteiger partial charge >= 0.3 is 18.4 Å². The van der Waals surface area contributed by atoms with Crippen LogP contribution in [0.2, 0.25) is 0 Å². The lowest BCUT2D eigenvalue weighted by Gasteiger charge is -2.33. The van der Waals surface area contributed by atoms with Gasteiger partial charge in [0.2, 0.25) is 0 Å². The number of urea groups is 1. The molecule has 8 nitrogen and oxygen atoms in total. The molecule has 3 aromatic carbocycles. The van der Waals surface area contributed by atoms with E-state index in [9.17, 15) is 41.0 Å². The Kier molecular flexibility index (Phi) is 7.98. The number of ether oxygens (including phenoxy) is 1. The topological polar surface area (TPSA) is 105 Å². The number of aliphatic hydroxyl groups is 1. The van der Waals surface area contributed by atoms with E-state index in [0.29, 0.717) is 40.7 Å². The summed E-state index contributed by atoms with van der Waals surface area (Å²) < 4.78 is 86.6. The molecule has 1 aliphatic heterocycles. The van der Waals surface area contributed by atoms with Crippen LogP contribution in [-0.2, 0) is 28.9 Å². The number of benzene rings is 3. The maximum absolute atomic E-state index is 13.5. The Balaban J connectivity index is 1.39. The highest BCUT2D eigenvalue weighted by atomic mass is 19.4. The first-order valence-electron chi connectivity index (χ1n) is 13.7. The minimum atomic E-state index is -6.02. The molecule has 2 N–H and O–H groups in total. The van der Waals surface area contributed by atoms with Crippen molar-refractivity contribution in [3.8, 4) is 11.5 Å². The number of hydrogen-bond donors (Lipinski definition) is 2. The van der Waals surface area contributed by atoms with Gasteiger partial charge in [0.1, 0.15) is 17.0 Å². The number of nitrogens with one attached hydrogen (secondary N) is 1. The number of alkyl halides is 6. The molecule has 4 aromatic rings. The van der Waals surface area contributed by atoms with E-state index < -0.39 is 41.0 Å². The number of aryl methyl sites for hydroxylation is 1. The Morgan fingerprint density at radius 2 is 1.60 bits per heavy atom. The van der Waals surface area contributed by atoms with Gasteiger partial charge in [-0.3, -0.25) is 19.7 Å².